The molecule has 2 aromatic carbocycles. The average molecular weight is 353 g/mol. The molecule has 1 atom stereocenters. The molecule has 0 aliphatic rings. The van der Waals surface area contributed by atoms with Crippen molar-refractivity contribution in [2.24, 2.45) is 5.84 Å². The molecule has 0 aliphatic heterocycles. The Morgan fingerprint density at radius 3 is 2.57 bits per heavy atom. The Bertz CT molecular complexity index is 607. The molecule has 0 spiro atoms. The maximum absolute atomic E-state index is 13.1. The predicted molar refractivity (Wildman–Crippen MR) is 85.6 cm³/mol. The second-order valence-corrected chi connectivity index (χ2v) is 5.67. The summed E-state index contributed by atoms with van der Waals surface area (Å²) in [6.45, 7) is 0. The van der Waals surface area contributed by atoms with E-state index < -0.39 is 0 Å². The summed E-state index contributed by atoms with van der Waals surface area (Å²) in [5, 5.41) is 0. The van der Waals surface area contributed by atoms with E-state index in [1.807, 2.05) is 24.3 Å². The number of hydrazine groups is 1. The van der Waals surface area contributed by atoms with Crippen molar-refractivity contribution in [2.75, 3.05) is 7.11 Å². The molecular weight excluding hydrogens is 335 g/mol. The molecule has 0 fully saturated rings. The van der Waals surface area contributed by atoms with E-state index in [2.05, 4.69) is 21.4 Å². The molecule has 2 aromatic rings. The summed E-state index contributed by atoms with van der Waals surface area (Å²) in [7, 11) is 1.65. The van der Waals surface area contributed by atoms with Crippen LogP contribution in [-0.4, -0.2) is 13.2 Å². The van der Waals surface area contributed by atoms with Crippen molar-refractivity contribution in [2.45, 2.75) is 18.9 Å². The van der Waals surface area contributed by atoms with Crippen LogP contribution in [0.5, 0.6) is 5.75 Å². The van der Waals surface area contributed by atoms with E-state index in [1.54, 1.807) is 13.2 Å². The molecule has 5 heteroatoms. The highest BCUT2D eigenvalue weighted by molar-refractivity contribution is 9.10. The maximum atomic E-state index is 13.1. The van der Waals surface area contributed by atoms with Gasteiger partial charge in [-0.1, -0.05) is 40.2 Å². The second kappa shape index (κ2) is 7.54. The zero-order chi connectivity index (χ0) is 15.2. The third-order valence-electron chi connectivity index (χ3n) is 3.38. The number of hydrogen-bond acceptors (Lipinski definition) is 3. The minimum Gasteiger partial charge on any atom is -0.496 e. The molecule has 0 aliphatic carbocycles. The average Bonchev–Trinajstić information content (AvgIpc) is 2.49. The van der Waals surface area contributed by atoms with Gasteiger partial charge < -0.3 is 4.74 Å². The molecule has 3 N–H and O–H groups in total. The Balaban J connectivity index is 2.13. The van der Waals surface area contributed by atoms with Gasteiger partial charge in [-0.3, -0.25) is 11.3 Å². The largest absolute Gasteiger partial charge is 0.496 e. The maximum Gasteiger partial charge on any atom is 0.124 e. The number of ether oxygens (including phenoxy) is 1. The summed E-state index contributed by atoms with van der Waals surface area (Å²) >= 11 is 3.39. The highest BCUT2D eigenvalue weighted by Crippen LogP contribution is 2.23. The lowest BCUT2D eigenvalue weighted by atomic mass is 9.99. The van der Waals surface area contributed by atoms with E-state index in [0.717, 1.165) is 27.8 Å². The highest BCUT2D eigenvalue weighted by Gasteiger charge is 2.13. The summed E-state index contributed by atoms with van der Waals surface area (Å²) in [4.78, 5) is 0. The fourth-order valence-electron chi connectivity index (χ4n) is 2.28. The lowest BCUT2D eigenvalue weighted by Crippen LogP contribution is -2.38. The van der Waals surface area contributed by atoms with Crippen molar-refractivity contribution in [3.8, 4) is 5.75 Å². The standard InChI is InChI=1S/C16H18BrFN2O/c1-21-16-5-3-2-4-12(16)9-14(20-19)8-11-6-7-13(18)10-15(11)17/h2-7,10,14,20H,8-9,19H2,1H3. The zero-order valence-electron chi connectivity index (χ0n) is 11.8. The van der Waals surface area contributed by atoms with Crippen LogP contribution in [0.2, 0.25) is 0 Å². The van der Waals surface area contributed by atoms with Crippen molar-refractivity contribution in [3.05, 3.63) is 63.9 Å². The Labute approximate surface area is 132 Å². The Morgan fingerprint density at radius 1 is 1.19 bits per heavy atom. The molecule has 112 valence electrons. The van der Waals surface area contributed by atoms with Crippen molar-refractivity contribution < 1.29 is 9.13 Å². The SMILES string of the molecule is COc1ccccc1CC(Cc1ccc(F)cc1Br)NN. The summed E-state index contributed by atoms with van der Waals surface area (Å²) in [5.41, 5.74) is 4.92. The van der Waals surface area contributed by atoms with E-state index >= 15 is 0 Å². The van der Waals surface area contributed by atoms with E-state index in [9.17, 15) is 4.39 Å². The van der Waals surface area contributed by atoms with E-state index in [4.69, 9.17) is 10.6 Å². The van der Waals surface area contributed by atoms with Gasteiger partial charge in [0.05, 0.1) is 7.11 Å². The third-order valence-corrected chi connectivity index (χ3v) is 4.11. The smallest absolute Gasteiger partial charge is 0.124 e. The van der Waals surface area contributed by atoms with Gasteiger partial charge in [-0.2, -0.15) is 0 Å². The fraction of sp³-hybridized carbons (Fsp3) is 0.250. The van der Waals surface area contributed by atoms with Crippen LogP contribution in [-0.2, 0) is 12.8 Å². The predicted octanol–water partition coefficient (Wildman–Crippen LogP) is 3.21. The van der Waals surface area contributed by atoms with Crippen LogP contribution in [0.3, 0.4) is 0 Å². The van der Waals surface area contributed by atoms with Crippen LogP contribution in [0.25, 0.3) is 0 Å². The number of nitrogens with two attached hydrogens (primary N) is 1. The minimum absolute atomic E-state index is 0.0306. The first-order valence-electron chi connectivity index (χ1n) is 6.66. The number of para-hydroxylation sites is 1. The molecule has 0 radical (unpaired) electrons. The molecule has 3 nitrogen and oxygen atoms in total. The van der Waals surface area contributed by atoms with Gasteiger partial charge in [0.25, 0.3) is 0 Å². The number of methoxy groups -OCH3 is 1. The molecule has 0 bridgehead atoms. The van der Waals surface area contributed by atoms with Crippen LogP contribution in [0.15, 0.2) is 46.9 Å². The lowest BCUT2D eigenvalue weighted by molar-refractivity contribution is 0.404. The van der Waals surface area contributed by atoms with Gasteiger partial charge in [-0.15, -0.1) is 0 Å². The first-order chi connectivity index (χ1) is 10.1. The van der Waals surface area contributed by atoms with E-state index in [1.165, 1.54) is 12.1 Å². The molecule has 1 unspecified atom stereocenters. The van der Waals surface area contributed by atoms with Gasteiger partial charge >= 0.3 is 0 Å². The van der Waals surface area contributed by atoms with E-state index in [0.29, 0.717) is 6.42 Å². The van der Waals surface area contributed by atoms with Gasteiger partial charge in [0.1, 0.15) is 11.6 Å². The molecule has 21 heavy (non-hydrogen) atoms. The van der Waals surface area contributed by atoms with Gasteiger partial charge in [0.2, 0.25) is 0 Å². The molecule has 0 amide bonds. The minimum atomic E-state index is -0.257. The number of benzene rings is 2. The van der Waals surface area contributed by atoms with Gasteiger partial charge in [0.15, 0.2) is 0 Å². The van der Waals surface area contributed by atoms with Crippen molar-refractivity contribution in [1.82, 2.24) is 5.43 Å². The Morgan fingerprint density at radius 2 is 1.90 bits per heavy atom. The summed E-state index contributed by atoms with van der Waals surface area (Å²) in [6.07, 6.45) is 1.42. The summed E-state index contributed by atoms with van der Waals surface area (Å²) in [5.74, 6) is 6.25. The fourth-order valence-corrected chi connectivity index (χ4v) is 2.79. The zero-order valence-corrected chi connectivity index (χ0v) is 13.4. The number of rotatable bonds is 6. The monoisotopic (exact) mass is 352 g/mol. The molecule has 0 aromatic heterocycles. The topological polar surface area (TPSA) is 47.3 Å². The number of halogens is 2. The van der Waals surface area contributed by atoms with Gasteiger partial charge in [-0.05, 0) is 42.2 Å². The Kier molecular flexibility index (Phi) is 5.73. The Hall–Kier alpha value is -1.43. The lowest BCUT2D eigenvalue weighted by Gasteiger charge is -2.18. The molecule has 2 rings (SSSR count). The van der Waals surface area contributed by atoms with E-state index in [-0.39, 0.29) is 11.9 Å². The van der Waals surface area contributed by atoms with Crippen LogP contribution in [0.4, 0.5) is 4.39 Å². The quantitative estimate of drug-likeness (QED) is 0.619. The van der Waals surface area contributed by atoms with Gasteiger partial charge in [-0.25, -0.2) is 4.39 Å². The van der Waals surface area contributed by atoms with Crippen molar-refractivity contribution in [1.29, 1.82) is 0 Å². The van der Waals surface area contributed by atoms with Gasteiger partial charge in [0, 0.05) is 10.5 Å². The van der Waals surface area contributed by atoms with Crippen molar-refractivity contribution in [3.63, 3.8) is 0 Å². The first-order valence-corrected chi connectivity index (χ1v) is 7.45. The molecule has 0 saturated heterocycles. The van der Waals surface area contributed by atoms with Crippen molar-refractivity contribution >= 4 is 15.9 Å². The van der Waals surface area contributed by atoms with Crippen LogP contribution in [0.1, 0.15) is 11.1 Å². The molecule has 0 saturated carbocycles. The van der Waals surface area contributed by atoms with Crippen LogP contribution < -0.4 is 16.0 Å². The normalized spacial score (nSPS) is 12.2. The number of nitrogens with one attached hydrogen (secondary N) is 1. The summed E-state index contributed by atoms with van der Waals surface area (Å²) < 4.78 is 19.2. The third kappa shape index (κ3) is 4.27. The second-order valence-electron chi connectivity index (χ2n) is 4.82. The highest BCUT2D eigenvalue weighted by atomic mass is 79.9. The number of hydrogen-bond donors (Lipinski definition) is 2. The first kappa shape index (κ1) is 15.9. The van der Waals surface area contributed by atoms with Crippen LogP contribution >= 0.6 is 15.9 Å². The van der Waals surface area contributed by atoms with Crippen LogP contribution in [0, 0.1) is 5.82 Å². The molecule has 0 heterocycles. The molecular formula is C16H18BrFN2O. The summed E-state index contributed by atoms with van der Waals surface area (Å²) in [6, 6.07) is 12.6.